The van der Waals surface area contributed by atoms with Crippen molar-refractivity contribution in [2.24, 2.45) is 0 Å². The molecular weight excluding hydrogens is 400 g/mol. The third-order valence-electron chi connectivity index (χ3n) is 4.59. The Balaban J connectivity index is 1.65. The molecule has 2 aromatic heterocycles. The van der Waals surface area contributed by atoms with Crippen molar-refractivity contribution in [2.45, 2.75) is 25.8 Å². The summed E-state index contributed by atoms with van der Waals surface area (Å²) in [5, 5.41) is 12.6. The van der Waals surface area contributed by atoms with Crippen LogP contribution in [0.15, 0.2) is 45.6 Å². The Morgan fingerprint density at radius 3 is 3.00 bits per heavy atom. The summed E-state index contributed by atoms with van der Waals surface area (Å²) < 4.78 is 2.68. The standard InChI is InChI=1S/C18H17BrN4OS/c1-12-17(20-21-23(12)15-5-2-4-14(19)10-15)18(24)22-8-3-6-16(22)13-7-9-25-11-13/h2,4-5,7,9-11,16H,3,6,8H2,1H3. The zero-order chi connectivity index (χ0) is 17.4. The second-order valence-electron chi connectivity index (χ2n) is 6.13. The number of carbonyl (C=O) groups is 1. The zero-order valence-electron chi connectivity index (χ0n) is 13.7. The molecule has 25 heavy (non-hydrogen) atoms. The quantitative estimate of drug-likeness (QED) is 0.636. The maximum atomic E-state index is 13.1. The first kappa shape index (κ1) is 16.5. The maximum Gasteiger partial charge on any atom is 0.276 e. The summed E-state index contributed by atoms with van der Waals surface area (Å²) in [6.07, 6.45) is 2.02. The largest absolute Gasteiger partial charge is 0.330 e. The van der Waals surface area contributed by atoms with Crippen LogP contribution in [0.3, 0.4) is 0 Å². The molecule has 1 saturated heterocycles. The summed E-state index contributed by atoms with van der Waals surface area (Å²) in [5.74, 6) is -0.0348. The summed E-state index contributed by atoms with van der Waals surface area (Å²) in [6.45, 7) is 2.66. The van der Waals surface area contributed by atoms with Gasteiger partial charge in [0, 0.05) is 11.0 Å². The van der Waals surface area contributed by atoms with E-state index in [1.54, 1.807) is 16.0 Å². The Morgan fingerprint density at radius 2 is 2.24 bits per heavy atom. The minimum atomic E-state index is -0.0348. The Bertz CT molecular complexity index is 906. The van der Waals surface area contributed by atoms with Crippen LogP contribution in [-0.2, 0) is 0 Å². The van der Waals surface area contributed by atoms with E-state index in [1.165, 1.54) is 5.56 Å². The van der Waals surface area contributed by atoms with E-state index in [-0.39, 0.29) is 11.9 Å². The summed E-state index contributed by atoms with van der Waals surface area (Å²) in [5.41, 5.74) is 3.29. The van der Waals surface area contributed by atoms with Crippen molar-refractivity contribution in [3.63, 3.8) is 0 Å². The van der Waals surface area contributed by atoms with E-state index < -0.39 is 0 Å². The third-order valence-corrected chi connectivity index (χ3v) is 5.79. The van der Waals surface area contributed by atoms with E-state index >= 15 is 0 Å². The molecule has 0 radical (unpaired) electrons. The van der Waals surface area contributed by atoms with Gasteiger partial charge in [0.15, 0.2) is 5.69 Å². The van der Waals surface area contributed by atoms with E-state index in [2.05, 4.69) is 43.1 Å². The second-order valence-corrected chi connectivity index (χ2v) is 7.82. The van der Waals surface area contributed by atoms with Crippen molar-refractivity contribution >= 4 is 33.2 Å². The molecule has 1 atom stereocenters. The predicted octanol–water partition coefficient (Wildman–Crippen LogP) is 4.38. The highest BCUT2D eigenvalue weighted by Gasteiger charge is 2.33. The van der Waals surface area contributed by atoms with Crippen molar-refractivity contribution in [1.29, 1.82) is 0 Å². The van der Waals surface area contributed by atoms with Crippen LogP contribution in [0.1, 0.15) is 40.6 Å². The molecule has 0 spiro atoms. The van der Waals surface area contributed by atoms with Gasteiger partial charge in [0.05, 0.1) is 17.4 Å². The number of nitrogens with zero attached hydrogens (tertiary/aromatic N) is 4. The normalized spacial score (nSPS) is 17.2. The second kappa shape index (κ2) is 6.72. The molecule has 3 aromatic rings. The van der Waals surface area contributed by atoms with Crippen molar-refractivity contribution in [3.05, 3.63) is 62.5 Å². The fourth-order valence-corrected chi connectivity index (χ4v) is 4.43. The molecule has 7 heteroatoms. The molecule has 3 heterocycles. The molecule has 0 saturated carbocycles. The minimum Gasteiger partial charge on any atom is -0.330 e. The fraction of sp³-hybridized carbons (Fsp3) is 0.278. The number of hydrogen-bond acceptors (Lipinski definition) is 4. The van der Waals surface area contributed by atoms with Crippen molar-refractivity contribution in [1.82, 2.24) is 19.9 Å². The molecule has 128 valence electrons. The van der Waals surface area contributed by atoms with E-state index in [4.69, 9.17) is 0 Å². The number of likely N-dealkylation sites (tertiary alicyclic amines) is 1. The lowest BCUT2D eigenvalue weighted by atomic mass is 10.1. The highest BCUT2D eigenvalue weighted by molar-refractivity contribution is 9.10. The van der Waals surface area contributed by atoms with Crippen LogP contribution in [0.4, 0.5) is 0 Å². The maximum absolute atomic E-state index is 13.1. The highest BCUT2D eigenvalue weighted by atomic mass is 79.9. The lowest BCUT2D eigenvalue weighted by Gasteiger charge is -2.23. The number of benzene rings is 1. The Labute approximate surface area is 158 Å². The molecule has 5 nitrogen and oxygen atoms in total. The van der Waals surface area contributed by atoms with Crippen LogP contribution < -0.4 is 0 Å². The molecule has 1 aliphatic heterocycles. The van der Waals surface area contributed by atoms with Gasteiger partial charge < -0.3 is 4.90 Å². The van der Waals surface area contributed by atoms with E-state index in [0.29, 0.717) is 5.69 Å². The van der Waals surface area contributed by atoms with Crippen molar-refractivity contribution < 1.29 is 4.79 Å². The van der Waals surface area contributed by atoms with Gasteiger partial charge in [-0.1, -0.05) is 27.2 Å². The summed E-state index contributed by atoms with van der Waals surface area (Å²) in [4.78, 5) is 15.0. The first-order chi connectivity index (χ1) is 12.1. The minimum absolute atomic E-state index is 0.0348. The van der Waals surface area contributed by atoms with Crippen LogP contribution in [0.25, 0.3) is 5.69 Å². The molecule has 1 aromatic carbocycles. The zero-order valence-corrected chi connectivity index (χ0v) is 16.1. The Morgan fingerprint density at radius 1 is 1.36 bits per heavy atom. The molecule has 1 fully saturated rings. The summed E-state index contributed by atoms with van der Waals surface area (Å²) >= 11 is 5.14. The van der Waals surface area contributed by atoms with Gasteiger partial charge in [0.1, 0.15) is 0 Å². The average molecular weight is 417 g/mol. The predicted molar refractivity (Wildman–Crippen MR) is 101 cm³/mol. The molecular formula is C18H17BrN4OS. The number of thiophene rings is 1. The lowest BCUT2D eigenvalue weighted by molar-refractivity contribution is 0.0729. The molecule has 0 N–H and O–H groups in total. The van der Waals surface area contributed by atoms with Crippen molar-refractivity contribution in [3.8, 4) is 5.69 Å². The van der Waals surface area contributed by atoms with Crippen LogP contribution in [0.2, 0.25) is 0 Å². The van der Waals surface area contributed by atoms with Gasteiger partial charge in [-0.05, 0) is 60.4 Å². The fourth-order valence-electron chi connectivity index (χ4n) is 3.34. The molecule has 4 rings (SSSR count). The molecule has 1 aliphatic rings. The highest BCUT2D eigenvalue weighted by Crippen LogP contribution is 2.34. The number of hydrogen-bond donors (Lipinski definition) is 0. The van der Waals surface area contributed by atoms with Gasteiger partial charge in [0.2, 0.25) is 0 Å². The molecule has 0 aliphatic carbocycles. The average Bonchev–Trinajstić information content (AvgIpc) is 3.34. The van der Waals surface area contributed by atoms with Gasteiger partial charge in [-0.15, -0.1) is 5.10 Å². The number of halogens is 1. The van der Waals surface area contributed by atoms with E-state index in [9.17, 15) is 4.79 Å². The van der Waals surface area contributed by atoms with Gasteiger partial charge in [0.25, 0.3) is 5.91 Å². The summed E-state index contributed by atoms with van der Waals surface area (Å²) in [7, 11) is 0. The topological polar surface area (TPSA) is 51.0 Å². The third kappa shape index (κ3) is 3.02. The van der Waals surface area contributed by atoms with Crippen LogP contribution in [-0.4, -0.2) is 32.3 Å². The Hall–Kier alpha value is -1.99. The molecule has 1 amide bonds. The number of aromatic nitrogens is 3. The number of rotatable bonds is 3. The van der Waals surface area contributed by atoms with Crippen LogP contribution >= 0.6 is 27.3 Å². The van der Waals surface area contributed by atoms with E-state index in [0.717, 1.165) is 35.2 Å². The van der Waals surface area contributed by atoms with Crippen LogP contribution in [0, 0.1) is 6.92 Å². The number of amides is 1. The SMILES string of the molecule is Cc1c(C(=O)N2CCCC2c2ccsc2)nnn1-c1cccc(Br)c1. The smallest absolute Gasteiger partial charge is 0.276 e. The first-order valence-electron chi connectivity index (χ1n) is 8.16. The van der Waals surface area contributed by atoms with Gasteiger partial charge >= 0.3 is 0 Å². The van der Waals surface area contributed by atoms with Crippen LogP contribution in [0.5, 0.6) is 0 Å². The number of carbonyl (C=O) groups excluding carboxylic acids is 1. The Kier molecular flexibility index (Phi) is 4.43. The monoisotopic (exact) mass is 416 g/mol. The van der Waals surface area contributed by atoms with Gasteiger partial charge in [-0.3, -0.25) is 4.79 Å². The molecule has 0 bridgehead atoms. The first-order valence-corrected chi connectivity index (χ1v) is 9.90. The molecule has 1 unspecified atom stereocenters. The lowest BCUT2D eigenvalue weighted by Crippen LogP contribution is -2.31. The van der Waals surface area contributed by atoms with Gasteiger partial charge in [-0.25, -0.2) is 4.68 Å². The van der Waals surface area contributed by atoms with Crippen molar-refractivity contribution in [2.75, 3.05) is 6.54 Å². The summed E-state index contributed by atoms with van der Waals surface area (Å²) in [6, 6.07) is 10.1. The van der Waals surface area contributed by atoms with E-state index in [1.807, 2.05) is 36.1 Å². The van der Waals surface area contributed by atoms with Gasteiger partial charge in [-0.2, -0.15) is 11.3 Å².